The standard InChI is InChI=1S/C23H20N4O5/c1-32-21(29)14-27-22(30)18(25-23(27)31)11-15-12-26(19-10-6-5-9-17(15)19)13-20(28)24-16-7-3-2-4-8-16/h2-12H,13-14H2,1H3,(H,24,28)(H,25,31)/b18-11+. The number of nitrogens with zero attached hydrogens (tertiary/aromatic N) is 2. The molecule has 2 aromatic carbocycles. The van der Waals surface area contributed by atoms with Crippen molar-refractivity contribution in [1.29, 1.82) is 0 Å². The molecular formula is C23H20N4O5. The molecule has 1 aromatic heterocycles. The van der Waals surface area contributed by atoms with Crippen LogP contribution in [0.1, 0.15) is 5.56 Å². The molecule has 0 radical (unpaired) electrons. The number of hydrogen-bond donors (Lipinski definition) is 2. The van der Waals surface area contributed by atoms with Crippen molar-refractivity contribution in [3.63, 3.8) is 0 Å². The summed E-state index contributed by atoms with van der Waals surface area (Å²) >= 11 is 0. The molecule has 4 amide bonds. The van der Waals surface area contributed by atoms with Crippen molar-refractivity contribution < 1.29 is 23.9 Å². The number of rotatable bonds is 6. The number of para-hydroxylation sites is 2. The number of hydrogen-bond acceptors (Lipinski definition) is 5. The van der Waals surface area contributed by atoms with Crippen LogP contribution in [-0.2, 0) is 25.7 Å². The first-order valence-electron chi connectivity index (χ1n) is 9.80. The van der Waals surface area contributed by atoms with Crippen LogP contribution in [0.4, 0.5) is 10.5 Å². The van der Waals surface area contributed by atoms with Gasteiger partial charge in [0.2, 0.25) is 5.91 Å². The van der Waals surface area contributed by atoms with Gasteiger partial charge in [-0.1, -0.05) is 36.4 Å². The molecule has 2 heterocycles. The molecule has 1 aliphatic rings. The van der Waals surface area contributed by atoms with Crippen LogP contribution in [0.5, 0.6) is 0 Å². The van der Waals surface area contributed by atoms with Crippen molar-refractivity contribution in [2.45, 2.75) is 6.54 Å². The predicted octanol–water partition coefficient (Wildman–Crippen LogP) is 2.35. The van der Waals surface area contributed by atoms with Crippen molar-refractivity contribution in [3.8, 4) is 0 Å². The number of nitrogens with one attached hydrogen (secondary N) is 2. The molecule has 1 saturated heterocycles. The van der Waals surface area contributed by atoms with Crippen LogP contribution in [0.2, 0.25) is 0 Å². The lowest BCUT2D eigenvalue weighted by Gasteiger charge is -2.08. The number of imide groups is 1. The summed E-state index contributed by atoms with van der Waals surface area (Å²) in [5, 5.41) is 6.13. The quantitative estimate of drug-likeness (QED) is 0.353. The third-order valence-electron chi connectivity index (χ3n) is 4.97. The van der Waals surface area contributed by atoms with Crippen molar-refractivity contribution >= 4 is 46.5 Å². The third-order valence-corrected chi connectivity index (χ3v) is 4.97. The van der Waals surface area contributed by atoms with E-state index in [1.165, 1.54) is 13.2 Å². The number of benzene rings is 2. The Morgan fingerprint density at radius 2 is 1.75 bits per heavy atom. The first-order valence-corrected chi connectivity index (χ1v) is 9.80. The number of ether oxygens (including phenoxy) is 1. The molecule has 162 valence electrons. The summed E-state index contributed by atoms with van der Waals surface area (Å²) in [5.41, 5.74) is 2.18. The molecule has 0 bridgehead atoms. The molecule has 2 N–H and O–H groups in total. The minimum Gasteiger partial charge on any atom is -0.468 e. The van der Waals surface area contributed by atoms with E-state index >= 15 is 0 Å². The molecule has 4 rings (SSSR count). The number of esters is 1. The van der Waals surface area contributed by atoms with Crippen LogP contribution in [0.25, 0.3) is 17.0 Å². The van der Waals surface area contributed by atoms with Gasteiger partial charge in [0.25, 0.3) is 5.91 Å². The summed E-state index contributed by atoms with van der Waals surface area (Å²) in [5.74, 6) is -1.53. The maximum Gasteiger partial charge on any atom is 0.329 e. The number of carbonyl (C=O) groups is 4. The van der Waals surface area contributed by atoms with Gasteiger partial charge in [0.05, 0.1) is 7.11 Å². The molecule has 32 heavy (non-hydrogen) atoms. The number of amides is 4. The number of methoxy groups -OCH3 is 1. The summed E-state index contributed by atoms with van der Waals surface area (Å²) in [6.07, 6.45) is 3.27. The lowest BCUT2D eigenvalue weighted by molar-refractivity contribution is -0.143. The number of fused-ring (bicyclic) bond motifs is 1. The van der Waals surface area contributed by atoms with Gasteiger partial charge in [0.15, 0.2) is 0 Å². The van der Waals surface area contributed by atoms with Crippen molar-refractivity contribution in [3.05, 3.63) is 72.1 Å². The van der Waals surface area contributed by atoms with Gasteiger partial charge in [-0.3, -0.25) is 14.4 Å². The highest BCUT2D eigenvalue weighted by atomic mass is 16.5. The summed E-state index contributed by atoms with van der Waals surface area (Å²) in [4.78, 5) is 49.5. The Morgan fingerprint density at radius 3 is 2.50 bits per heavy atom. The van der Waals surface area contributed by atoms with E-state index in [1.54, 1.807) is 22.9 Å². The van der Waals surface area contributed by atoms with Crippen LogP contribution in [0, 0.1) is 0 Å². The van der Waals surface area contributed by atoms with Gasteiger partial charge in [-0.05, 0) is 24.3 Å². The van der Waals surface area contributed by atoms with E-state index in [1.807, 2.05) is 42.5 Å². The molecule has 0 unspecified atom stereocenters. The second kappa shape index (κ2) is 8.76. The zero-order chi connectivity index (χ0) is 22.7. The van der Waals surface area contributed by atoms with Crippen molar-refractivity contribution in [2.75, 3.05) is 19.0 Å². The Bertz CT molecular complexity index is 1250. The van der Waals surface area contributed by atoms with E-state index in [2.05, 4.69) is 15.4 Å². The fraction of sp³-hybridized carbons (Fsp3) is 0.130. The molecule has 0 aliphatic carbocycles. The topological polar surface area (TPSA) is 110 Å². The number of urea groups is 1. The van der Waals surface area contributed by atoms with Crippen molar-refractivity contribution in [1.82, 2.24) is 14.8 Å². The predicted molar refractivity (Wildman–Crippen MR) is 117 cm³/mol. The molecule has 0 atom stereocenters. The van der Waals surface area contributed by atoms with E-state index in [-0.39, 0.29) is 18.1 Å². The van der Waals surface area contributed by atoms with E-state index in [4.69, 9.17) is 0 Å². The minimum absolute atomic E-state index is 0.0375. The molecule has 0 spiro atoms. The van der Waals surface area contributed by atoms with Gasteiger partial charge in [-0.2, -0.15) is 0 Å². The van der Waals surface area contributed by atoms with Crippen molar-refractivity contribution in [2.24, 2.45) is 0 Å². The average Bonchev–Trinajstić information content (AvgIpc) is 3.26. The van der Waals surface area contributed by atoms with Crippen LogP contribution < -0.4 is 10.6 Å². The van der Waals surface area contributed by atoms with E-state index in [0.29, 0.717) is 11.3 Å². The minimum atomic E-state index is -0.698. The highest BCUT2D eigenvalue weighted by Crippen LogP contribution is 2.25. The Hall–Kier alpha value is -4.40. The average molecular weight is 432 g/mol. The van der Waals surface area contributed by atoms with Crippen LogP contribution in [0.15, 0.2) is 66.5 Å². The van der Waals surface area contributed by atoms with E-state index < -0.39 is 24.5 Å². The third kappa shape index (κ3) is 4.22. The number of anilines is 1. The Balaban J connectivity index is 1.60. The van der Waals surface area contributed by atoms with Gasteiger partial charge in [0.1, 0.15) is 18.8 Å². The van der Waals surface area contributed by atoms with Gasteiger partial charge in [-0.15, -0.1) is 0 Å². The highest BCUT2D eigenvalue weighted by Gasteiger charge is 2.35. The Kier molecular flexibility index (Phi) is 5.71. The fourth-order valence-corrected chi connectivity index (χ4v) is 3.46. The van der Waals surface area contributed by atoms with Crippen LogP contribution in [0.3, 0.4) is 0 Å². The lowest BCUT2D eigenvalue weighted by Crippen LogP contribution is -2.36. The first kappa shape index (κ1) is 20.9. The van der Waals surface area contributed by atoms with Crippen LogP contribution >= 0.6 is 0 Å². The Labute approximate surface area is 183 Å². The number of aromatic nitrogens is 1. The zero-order valence-corrected chi connectivity index (χ0v) is 17.2. The molecule has 3 aromatic rings. The first-order chi connectivity index (χ1) is 15.5. The maximum absolute atomic E-state index is 12.6. The fourth-order valence-electron chi connectivity index (χ4n) is 3.46. The zero-order valence-electron chi connectivity index (χ0n) is 17.2. The monoisotopic (exact) mass is 432 g/mol. The second-order valence-corrected chi connectivity index (χ2v) is 7.10. The summed E-state index contributed by atoms with van der Waals surface area (Å²) in [6, 6.07) is 15.9. The second-order valence-electron chi connectivity index (χ2n) is 7.10. The van der Waals surface area contributed by atoms with Gasteiger partial charge >= 0.3 is 12.0 Å². The van der Waals surface area contributed by atoms with Gasteiger partial charge in [0, 0.05) is 28.4 Å². The molecule has 9 heteroatoms. The smallest absolute Gasteiger partial charge is 0.329 e. The van der Waals surface area contributed by atoms with Gasteiger partial charge in [-0.25, -0.2) is 9.69 Å². The number of carbonyl (C=O) groups excluding carboxylic acids is 4. The van der Waals surface area contributed by atoms with E-state index in [0.717, 1.165) is 15.8 Å². The SMILES string of the molecule is COC(=O)CN1C(=O)N/C(=C/c2cn(CC(=O)Nc3ccccc3)c3ccccc23)C1=O. The maximum atomic E-state index is 12.6. The lowest BCUT2D eigenvalue weighted by atomic mass is 10.1. The Morgan fingerprint density at radius 1 is 1.03 bits per heavy atom. The molecular weight excluding hydrogens is 412 g/mol. The molecule has 1 aliphatic heterocycles. The molecule has 9 nitrogen and oxygen atoms in total. The van der Waals surface area contributed by atoms with E-state index in [9.17, 15) is 19.2 Å². The summed E-state index contributed by atoms with van der Waals surface area (Å²) in [6.45, 7) is -0.409. The molecule has 1 fully saturated rings. The summed E-state index contributed by atoms with van der Waals surface area (Å²) in [7, 11) is 1.18. The largest absolute Gasteiger partial charge is 0.468 e. The van der Waals surface area contributed by atoms with Crippen LogP contribution in [-0.4, -0.2) is 46.9 Å². The normalized spacial score (nSPS) is 14.7. The highest BCUT2D eigenvalue weighted by molar-refractivity contribution is 6.15. The molecule has 0 saturated carbocycles. The summed E-state index contributed by atoms with van der Waals surface area (Å²) < 4.78 is 6.30. The van der Waals surface area contributed by atoms with Gasteiger partial charge < -0.3 is 19.9 Å².